The second kappa shape index (κ2) is 9.20. The molecule has 2 aromatic carbocycles. The zero-order valence-electron chi connectivity index (χ0n) is 15.2. The molecule has 0 bridgehead atoms. The molecule has 1 N–H and O–H groups in total. The lowest BCUT2D eigenvalue weighted by atomic mass is 10.0. The van der Waals surface area contributed by atoms with Crippen LogP contribution in [0.15, 0.2) is 72.4 Å². The lowest BCUT2D eigenvalue weighted by Gasteiger charge is -2.33. The number of anilines is 1. The van der Waals surface area contributed by atoms with E-state index in [9.17, 15) is 4.79 Å². The van der Waals surface area contributed by atoms with Gasteiger partial charge in [0.25, 0.3) is 0 Å². The van der Waals surface area contributed by atoms with E-state index in [1.165, 1.54) is 5.56 Å². The molecule has 4 nitrogen and oxygen atoms in total. The van der Waals surface area contributed by atoms with Gasteiger partial charge in [-0.15, -0.1) is 0 Å². The minimum Gasteiger partial charge on any atom is -0.465 e. The molecule has 136 valence electrons. The van der Waals surface area contributed by atoms with Crippen LogP contribution in [0.4, 0.5) is 5.69 Å². The summed E-state index contributed by atoms with van der Waals surface area (Å²) in [5, 5.41) is 3.43. The molecule has 3 rings (SSSR count). The number of carbonyl (C=O) groups is 1. The van der Waals surface area contributed by atoms with Crippen molar-refractivity contribution >= 4 is 11.7 Å². The molecule has 0 fully saturated rings. The van der Waals surface area contributed by atoms with Gasteiger partial charge in [-0.2, -0.15) is 0 Å². The average molecular weight is 350 g/mol. The molecule has 0 aromatic heterocycles. The van der Waals surface area contributed by atoms with Crippen molar-refractivity contribution in [3.63, 3.8) is 0 Å². The van der Waals surface area contributed by atoms with Crippen LogP contribution in [0.2, 0.25) is 0 Å². The summed E-state index contributed by atoms with van der Waals surface area (Å²) < 4.78 is 5.31. The molecule has 0 amide bonds. The third kappa shape index (κ3) is 4.96. The van der Waals surface area contributed by atoms with Crippen LogP contribution in [0.25, 0.3) is 0 Å². The molecule has 26 heavy (non-hydrogen) atoms. The molecule has 0 radical (unpaired) electrons. The normalized spacial score (nSPS) is 17.4. The van der Waals surface area contributed by atoms with Crippen molar-refractivity contribution in [2.45, 2.75) is 25.8 Å². The van der Waals surface area contributed by atoms with Gasteiger partial charge in [-0.3, -0.25) is 4.90 Å². The molecule has 0 saturated heterocycles. The predicted molar refractivity (Wildman–Crippen MR) is 105 cm³/mol. The van der Waals surface area contributed by atoms with Crippen molar-refractivity contribution in [1.82, 2.24) is 4.90 Å². The fourth-order valence-corrected chi connectivity index (χ4v) is 3.21. The number of benzene rings is 2. The van der Waals surface area contributed by atoms with Gasteiger partial charge in [0.15, 0.2) is 0 Å². The van der Waals surface area contributed by atoms with E-state index in [4.69, 9.17) is 4.74 Å². The van der Waals surface area contributed by atoms with Gasteiger partial charge in [-0.25, -0.2) is 4.79 Å². The quantitative estimate of drug-likeness (QED) is 0.770. The Morgan fingerprint density at radius 2 is 1.81 bits per heavy atom. The minimum atomic E-state index is -0.335. The summed E-state index contributed by atoms with van der Waals surface area (Å²) in [6.45, 7) is 3.92. The molecular formula is C22H26N2O2. The highest BCUT2D eigenvalue weighted by atomic mass is 16.5. The van der Waals surface area contributed by atoms with Crippen molar-refractivity contribution in [3.05, 3.63) is 78.0 Å². The zero-order chi connectivity index (χ0) is 18.2. The Morgan fingerprint density at radius 3 is 2.50 bits per heavy atom. The van der Waals surface area contributed by atoms with E-state index in [-0.39, 0.29) is 12.0 Å². The molecule has 1 atom stereocenters. The van der Waals surface area contributed by atoms with Gasteiger partial charge in [-0.1, -0.05) is 48.5 Å². The molecule has 1 aliphatic heterocycles. The number of nitrogens with zero attached hydrogens (tertiary/aromatic N) is 1. The first-order valence-corrected chi connectivity index (χ1v) is 9.23. The number of hydrogen-bond donors (Lipinski definition) is 1. The summed E-state index contributed by atoms with van der Waals surface area (Å²) in [5.74, 6) is -0.173. The van der Waals surface area contributed by atoms with E-state index in [0.29, 0.717) is 6.61 Å². The Labute approximate surface area is 155 Å². The molecule has 0 aliphatic carbocycles. The lowest BCUT2D eigenvalue weighted by Crippen LogP contribution is -2.45. The Morgan fingerprint density at radius 1 is 1.12 bits per heavy atom. The topological polar surface area (TPSA) is 41.6 Å². The van der Waals surface area contributed by atoms with E-state index in [1.54, 1.807) is 0 Å². The maximum absolute atomic E-state index is 12.5. The Balaban J connectivity index is 1.70. The maximum Gasteiger partial charge on any atom is 0.327 e. The average Bonchev–Trinajstić information content (AvgIpc) is 2.69. The van der Waals surface area contributed by atoms with Crippen LogP contribution in [0.5, 0.6) is 0 Å². The number of nitrogens with one attached hydrogen (secondary N) is 1. The first-order chi connectivity index (χ1) is 12.8. The van der Waals surface area contributed by atoms with E-state index in [1.807, 2.05) is 49.4 Å². The van der Waals surface area contributed by atoms with E-state index < -0.39 is 0 Å². The fourth-order valence-electron chi connectivity index (χ4n) is 3.21. The van der Waals surface area contributed by atoms with Crippen molar-refractivity contribution in [1.29, 1.82) is 0 Å². The molecular weight excluding hydrogens is 324 g/mol. The summed E-state index contributed by atoms with van der Waals surface area (Å²) in [6.07, 6.45) is 3.82. The van der Waals surface area contributed by atoms with Crippen molar-refractivity contribution in [2.75, 3.05) is 25.0 Å². The van der Waals surface area contributed by atoms with Gasteiger partial charge in [0, 0.05) is 24.5 Å². The molecule has 1 unspecified atom stereocenters. The monoisotopic (exact) mass is 350 g/mol. The van der Waals surface area contributed by atoms with E-state index in [2.05, 4.69) is 34.5 Å². The first-order valence-electron chi connectivity index (χ1n) is 9.23. The Bertz CT molecular complexity index is 728. The SMILES string of the molecule is CCOC(=O)C1C=C(Nc2ccccc2)CCN1CCc1ccccc1. The van der Waals surface area contributed by atoms with Crippen LogP contribution in [-0.2, 0) is 16.0 Å². The van der Waals surface area contributed by atoms with E-state index >= 15 is 0 Å². The largest absolute Gasteiger partial charge is 0.465 e. The second-order valence-electron chi connectivity index (χ2n) is 6.40. The number of esters is 1. The number of hydrogen-bond acceptors (Lipinski definition) is 4. The first kappa shape index (κ1) is 18.2. The predicted octanol–water partition coefficient (Wildman–Crippen LogP) is 3.86. The highest BCUT2D eigenvalue weighted by Crippen LogP contribution is 2.20. The standard InChI is InChI=1S/C22H26N2O2/c1-2-26-22(25)21-17-20(23-19-11-7-4-8-12-19)14-16-24(21)15-13-18-9-5-3-6-10-18/h3-12,17,21,23H,2,13-16H2,1H3. The number of rotatable bonds is 7. The number of ether oxygens (including phenoxy) is 1. The second-order valence-corrected chi connectivity index (χ2v) is 6.40. The summed E-state index contributed by atoms with van der Waals surface area (Å²) in [4.78, 5) is 14.7. The van der Waals surface area contributed by atoms with Gasteiger partial charge < -0.3 is 10.1 Å². The smallest absolute Gasteiger partial charge is 0.327 e. The molecule has 4 heteroatoms. The fraction of sp³-hybridized carbons (Fsp3) is 0.318. The highest BCUT2D eigenvalue weighted by Gasteiger charge is 2.29. The van der Waals surface area contributed by atoms with Gasteiger partial charge in [0.05, 0.1) is 6.61 Å². The van der Waals surface area contributed by atoms with Gasteiger partial charge >= 0.3 is 5.97 Å². The van der Waals surface area contributed by atoms with Gasteiger partial charge in [0.1, 0.15) is 6.04 Å². The summed E-state index contributed by atoms with van der Waals surface area (Å²) >= 11 is 0. The summed E-state index contributed by atoms with van der Waals surface area (Å²) in [7, 11) is 0. The molecule has 2 aromatic rings. The maximum atomic E-state index is 12.5. The van der Waals surface area contributed by atoms with Crippen molar-refractivity contribution < 1.29 is 9.53 Å². The highest BCUT2D eigenvalue weighted by molar-refractivity contribution is 5.78. The minimum absolute atomic E-state index is 0.173. The number of para-hydroxylation sites is 1. The van der Waals surface area contributed by atoms with Crippen LogP contribution < -0.4 is 5.32 Å². The molecule has 0 spiro atoms. The summed E-state index contributed by atoms with van der Waals surface area (Å²) in [5.41, 5.74) is 3.40. The Hall–Kier alpha value is -2.59. The van der Waals surface area contributed by atoms with Gasteiger partial charge in [-0.05, 0) is 43.5 Å². The third-order valence-electron chi connectivity index (χ3n) is 4.56. The molecule has 1 aliphatic rings. The zero-order valence-corrected chi connectivity index (χ0v) is 15.2. The van der Waals surface area contributed by atoms with Crippen LogP contribution in [0.1, 0.15) is 18.9 Å². The Kier molecular flexibility index (Phi) is 6.45. The number of carbonyl (C=O) groups excluding carboxylic acids is 1. The van der Waals surface area contributed by atoms with E-state index in [0.717, 1.165) is 37.3 Å². The van der Waals surface area contributed by atoms with Crippen molar-refractivity contribution in [3.8, 4) is 0 Å². The van der Waals surface area contributed by atoms with Crippen LogP contribution >= 0.6 is 0 Å². The third-order valence-corrected chi connectivity index (χ3v) is 4.56. The van der Waals surface area contributed by atoms with Crippen LogP contribution in [-0.4, -0.2) is 36.6 Å². The van der Waals surface area contributed by atoms with Crippen molar-refractivity contribution in [2.24, 2.45) is 0 Å². The molecule has 1 heterocycles. The van der Waals surface area contributed by atoms with Gasteiger partial charge in [0.2, 0.25) is 0 Å². The lowest BCUT2D eigenvalue weighted by molar-refractivity contribution is -0.147. The molecule has 0 saturated carbocycles. The summed E-state index contributed by atoms with van der Waals surface area (Å²) in [6, 6.07) is 20.1. The van der Waals surface area contributed by atoms with Crippen LogP contribution in [0, 0.1) is 0 Å². The van der Waals surface area contributed by atoms with Crippen LogP contribution in [0.3, 0.4) is 0 Å².